The normalized spacial score (nSPS) is 19.3. The van der Waals surface area contributed by atoms with Crippen molar-refractivity contribution in [3.05, 3.63) is 29.8 Å². The number of thioether (sulfide) groups is 1. The molecule has 0 fully saturated rings. The lowest BCUT2D eigenvalue weighted by Gasteiger charge is -2.24. The van der Waals surface area contributed by atoms with Crippen LogP contribution in [0.25, 0.3) is 0 Å². The molecule has 112 valence electrons. The van der Waals surface area contributed by atoms with Gasteiger partial charge >= 0.3 is 0 Å². The van der Waals surface area contributed by atoms with E-state index in [2.05, 4.69) is 62.1 Å². The maximum Gasteiger partial charge on any atom is 0.0289 e. The number of fused-ring (bicyclic) bond motifs is 1. The minimum absolute atomic E-state index is 0.672. The maximum absolute atomic E-state index is 3.80. The van der Waals surface area contributed by atoms with Crippen LogP contribution in [0.3, 0.4) is 0 Å². The van der Waals surface area contributed by atoms with Gasteiger partial charge in [0, 0.05) is 16.2 Å². The summed E-state index contributed by atoms with van der Waals surface area (Å²) >= 11 is 2.09. The highest BCUT2D eigenvalue weighted by Gasteiger charge is 2.28. The summed E-state index contributed by atoms with van der Waals surface area (Å²) in [6.45, 7) is 8.07. The van der Waals surface area contributed by atoms with Gasteiger partial charge in [0.25, 0.3) is 0 Å². The Morgan fingerprint density at radius 1 is 1.25 bits per heavy atom. The molecule has 0 spiro atoms. The Kier molecular flexibility index (Phi) is 6.44. The van der Waals surface area contributed by atoms with Gasteiger partial charge in [-0.15, -0.1) is 11.8 Å². The van der Waals surface area contributed by atoms with Gasteiger partial charge in [0.15, 0.2) is 0 Å². The zero-order valence-electron chi connectivity index (χ0n) is 13.2. The van der Waals surface area contributed by atoms with E-state index in [0.717, 1.165) is 17.7 Å². The SMILES string of the molecule is CCCNC(CCCC(C)C)C1Cc2ccccc2S1. The number of hydrogen-bond acceptors (Lipinski definition) is 2. The number of hydrogen-bond donors (Lipinski definition) is 1. The predicted molar refractivity (Wildman–Crippen MR) is 90.6 cm³/mol. The van der Waals surface area contributed by atoms with Crippen molar-refractivity contribution in [2.75, 3.05) is 6.54 Å². The molecule has 1 heterocycles. The first-order chi connectivity index (χ1) is 9.70. The van der Waals surface area contributed by atoms with E-state index in [9.17, 15) is 0 Å². The fourth-order valence-electron chi connectivity index (χ4n) is 2.93. The smallest absolute Gasteiger partial charge is 0.0289 e. The number of nitrogens with one attached hydrogen (secondary N) is 1. The minimum Gasteiger partial charge on any atom is -0.313 e. The molecular formula is C18H29NS. The van der Waals surface area contributed by atoms with Crippen LogP contribution in [-0.2, 0) is 6.42 Å². The third-order valence-electron chi connectivity index (χ3n) is 4.07. The van der Waals surface area contributed by atoms with Gasteiger partial charge in [0.05, 0.1) is 0 Å². The van der Waals surface area contributed by atoms with Gasteiger partial charge in [-0.3, -0.25) is 0 Å². The lowest BCUT2D eigenvalue weighted by Crippen LogP contribution is -2.38. The van der Waals surface area contributed by atoms with Crippen LogP contribution < -0.4 is 5.32 Å². The molecule has 20 heavy (non-hydrogen) atoms. The second-order valence-corrected chi connectivity index (χ2v) is 7.63. The molecule has 1 aliphatic heterocycles. The van der Waals surface area contributed by atoms with Crippen molar-refractivity contribution < 1.29 is 0 Å². The number of benzene rings is 1. The average Bonchev–Trinajstić information content (AvgIpc) is 2.85. The topological polar surface area (TPSA) is 12.0 Å². The standard InChI is InChI=1S/C18H29NS/c1-4-12-19-16(10-7-8-14(2)3)18-13-15-9-5-6-11-17(15)20-18/h5-6,9,11,14,16,18-19H,4,7-8,10,12-13H2,1-3H3. The summed E-state index contributed by atoms with van der Waals surface area (Å²) in [5.41, 5.74) is 1.55. The second kappa shape index (κ2) is 8.09. The van der Waals surface area contributed by atoms with Crippen LogP contribution in [0, 0.1) is 5.92 Å². The molecule has 1 aromatic rings. The molecule has 2 unspecified atom stereocenters. The van der Waals surface area contributed by atoms with E-state index in [1.54, 1.807) is 5.56 Å². The summed E-state index contributed by atoms with van der Waals surface area (Å²) in [5, 5.41) is 4.53. The van der Waals surface area contributed by atoms with E-state index in [1.807, 2.05) is 0 Å². The molecule has 2 heteroatoms. The van der Waals surface area contributed by atoms with Crippen molar-refractivity contribution in [3.8, 4) is 0 Å². The summed E-state index contributed by atoms with van der Waals surface area (Å²) in [6.07, 6.45) is 6.50. The molecule has 0 saturated heterocycles. The third kappa shape index (κ3) is 4.53. The van der Waals surface area contributed by atoms with Gasteiger partial charge in [0.1, 0.15) is 0 Å². The van der Waals surface area contributed by atoms with E-state index in [-0.39, 0.29) is 0 Å². The Balaban J connectivity index is 1.90. The lowest BCUT2D eigenvalue weighted by molar-refractivity contribution is 0.427. The highest BCUT2D eigenvalue weighted by atomic mass is 32.2. The van der Waals surface area contributed by atoms with Gasteiger partial charge in [-0.2, -0.15) is 0 Å². The predicted octanol–water partition coefficient (Wildman–Crippen LogP) is 4.90. The highest BCUT2D eigenvalue weighted by molar-refractivity contribution is 8.00. The Bertz CT molecular complexity index is 377. The molecule has 0 aliphatic carbocycles. The van der Waals surface area contributed by atoms with Crippen LogP contribution in [0.4, 0.5) is 0 Å². The molecule has 0 aromatic heterocycles. The van der Waals surface area contributed by atoms with Crippen molar-refractivity contribution in [3.63, 3.8) is 0 Å². The molecule has 2 atom stereocenters. The van der Waals surface area contributed by atoms with Crippen LogP contribution in [0.15, 0.2) is 29.2 Å². The quantitative estimate of drug-likeness (QED) is 0.731. The fraction of sp³-hybridized carbons (Fsp3) is 0.667. The van der Waals surface area contributed by atoms with Crippen LogP contribution in [0.2, 0.25) is 0 Å². The molecule has 1 N–H and O–H groups in total. The average molecular weight is 292 g/mol. The van der Waals surface area contributed by atoms with Crippen molar-refractivity contribution in [2.24, 2.45) is 5.92 Å². The molecular weight excluding hydrogens is 262 g/mol. The van der Waals surface area contributed by atoms with E-state index in [1.165, 1.54) is 37.0 Å². The Morgan fingerprint density at radius 3 is 2.75 bits per heavy atom. The van der Waals surface area contributed by atoms with Crippen molar-refractivity contribution in [1.29, 1.82) is 0 Å². The zero-order valence-corrected chi connectivity index (χ0v) is 14.0. The van der Waals surface area contributed by atoms with Crippen LogP contribution in [-0.4, -0.2) is 17.8 Å². The number of rotatable bonds is 8. The van der Waals surface area contributed by atoms with Gasteiger partial charge in [0.2, 0.25) is 0 Å². The summed E-state index contributed by atoms with van der Waals surface area (Å²) in [6, 6.07) is 9.60. The summed E-state index contributed by atoms with van der Waals surface area (Å²) < 4.78 is 0. The van der Waals surface area contributed by atoms with Crippen molar-refractivity contribution in [2.45, 2.75) is 69.1 Å². The van der Waals surface area contributed by atoms with E-state index in [4.69, 9.17) is 0 Å². The molecule has 0 radical (unpaired) electrons. The zero-order chi connectivity index (χ0) is 14.4. The molecule has 1 nitrogen and oxygen atoms in total. The molecule has 0 saturated carbocycles. The van der Waals surface area contributed by atoms with Crippen LogP contribution in [0.1, 0.15) is 52.0 Å². The molecule has 0 amide bonds. The first kappa shape index (κ1) is 15.9. The fourth-order valence-corrected chi connectivity index (χ4v) is 4.37. The third-order valence-corrected chi connectivity index (χ3v) is 5.52. The Hall–Kier alpha value is -0.470. The van der Waals surface area contributed by atoms with Crippen molar-refractivity contribution in [1.82, 2.24) is 5.32 Å². The highest BCUT2D eigenvalue weighted by Crippen LogP contribution is 2.39. The van der Waals surface area contributed by atoms with E-state index in [0.29, 0.717) is 6.04 Å². The van der Waals surface area contributed by atoms with E-state index < -0.39 is 0 Å². The Morgan fingerprint density at radius 2 is 2.05 bits per heavy atom. The summed E-state index contributed by atoms with van der Waals surface area (Å²) in [5.74, 6) is 0.829. The minimum atomic E-state index is 0.672. The monoisotopic (exact) mass is 291 g/mol. The van der Waals surface area contributed by atoms with Crippen LogP contribution >= 0.6 is 11.8 Å². The van der Waals surface area contributed by atoms with E-state index >= 15 is 0 Å². The van der Waals surface area contributed by atoms with Gasteiger partial charge < -0.3 is 5.32 Å². The Labute approximate surface area is 128 Å². The maximum atomic E-state index is 3.80. The summed E-state index contributed by atoms with van der Waals surface area (Å²) in [7, 11) is 0. The molecule has 0 bridgehead atoms. The van der Waals surface area contributed by atoms with Crippen LogP contribution in [0.5, 0.6) is 0 Å². The molecule has 1 aliphatic rings. The first-order valence-electron chi connectivity index (χ1n) is 8.18. The molecule has 1 aromatic carbocycles. The summed E-state index contributed by atoms with van der Waals surface area (Å²) in [4.78, 5) is 1.50. The largest absolute Gasteiger partial charge is 0.313 e. The first-order valence-corrected chi connectivity index (χ1v) is 9.06. The van der Waals surface area contributed by atoms with Gasteiger partial charge in [-0.25, -0.2) is 0 Å². The van der Waals surface area contributed by atoms with Gasteiger partial charge in [-0.1, -0.05) is 51.8 Å². The van der Waals surface area contributed by atoms with Crippen molar-refractivity contribution >= 4 is 11.8 Å². The second-order valence-electron chi connectivity index (χ2n) is 6.35. The molecule has 2 rings (SSSR count). The van der Waals surface area contributed by atoms with Gasteiger partial charge in [-0.05, 0) is 43.4 Å². The lowest BCUT2D eigenvalue weighted by atomic mass is 9.98.